The maximum absolute atomic E-state index is 11.0. The predicted molar refractivity (Wildman–Crippen MR) is 37.2 cm³/mol. The Morgan fingerprint density at radius 3 is 2.70 bits per heavy atom. The highest BCUT2D eigenvalue weighted by Gasteiger charge is 2.20. The number of carbonyl (C=O) groups excluding carboxylic acids is 1. The number of aliphatic hydroxyl groups is 1. The van der Waals surface area contributed by atoms with Crippen LogP contribution < -0.4 is 0 Å². The zero-order chi connectivity index (χ0) is 7.56. The van der Waals surface area contributed by atoms with Crippen molar-refractivity contribution in [3.05, 3.63) is 6.42 Å². The Bertz CT molecular complexity index is 130. The highest BCUT2D eigenvalue weighted by molar-refractivity contribution is 5.77. The van der Waals surface area contributed by atoms with Gasteiger partial charge in [0.15, 0.2) is 0 Å². The fourth-order valence-electron chi connectivity index (χ4n) is 0.844. The first-order valence-corrected chi connectivity index (χ1v) is 3.47. The van der Waals surface area contributed by atoms with Gasteiger partial charge in [0.2, 0.25) is 5.91 Å². The van der Waals surface area contributed by atoms with E-state index in [1.807, 2.05) is 6.42 Å². The van der Waals surface area contributed by atoms with Gasteiger partial charge < -0.3 is 10.0 Å². The molecule has 1 rings (SSSR count). The lowest BCUT2D eigenvalue weighted by atomic mass is 10.2. The molecular weight excluding hydrogens is 130 g/mol. The largest absolute Gasteiger partial charge is 0.393 e. The van der Waals surface area contributed by atoms with Crippen LogP contribution in [0.15, 0.2) is 0 Å². The fourth-order valence-corrected chi connectivity index (χ4v) is 0.844. The fraction of sp³-hybridized carbons (Fsp3) is 0.714. The van der Waals surface area contributed by atoms with Gasteiger partial charge in [-0.2, -0.15) is 0 Å². The van der Waals surface area contributed by atoms with Gasteiger partial charge in [-0.15, -0.1) is 0 Å². The first kappa shape index (κ1) is 7.54. The van der Waals surface area contributed by atoms with E-state index in [0.717, 1.165) is 13.1 Å². The number of rotatable bonds is 2. The molecule has 0 aromatic carbocycles. The molecule has 0 aromatic heterocycles. The molecule has 0 spiro atoms. The van der Waals surface area contributed by atoms with Crippen LogP contribution in [0.25, 0.3) is 0 Å². The minimum absolute atomic E-state index is 0.0532. The van der Waals surface area contributed by atoms with Gasteiger partial charge >= 0.3 is 0 Å². The third kappa shape index (κ3) is 1.70. The molecule has 0 aromatic rings. The van der Waals surface area contributed by atoms with Crippen molar-refractivity contribution >= 4 is 5.91 Å². The summed E-state index contributed by atoms with van der Waals surface area (Å²) in [5.74, 6) is 0.0532. The van der Waals surface area contributed by atoms with E-state index in [1.165, 1.54) is 0 Å². The van der Waals surface area contributed by atoms with Crippen molar-refractivity contribution in [3.63, 3.8) is 0 Å². The van der Waals surface area contributed by atoms with Crippen molar-refractivity contribution in [2.75, 3.05) is 13.1 Å². The molecule has 1 amide bonds. The summed E-state index contributed by atoms with van der Waals surface area (Å²) in [5.41, 5.74) is 0. The molecule has 3 heteroatoms. The molecule has 3 nitrogen and oxygen atoms in total. The molecule has 0 saturated carbocycles. The van der Waals surface area contributed by atoms with E-state index >= 15 is 0 Å². The number of likely N-dealkylation sites (tertiary alicyclic amines) is 1. The number of carbonyl (C=O) groups is 1. The smallest absolute Gasteiger partial charge is 0.225 e. The van der Waals surface area contributed by atoms with Crippen LogP contribution in [-0.2, 0) is 4.79 Å². The van der Waals surface area contributed by atoms with Crippen molar-refractivity contribution in [1.29, 1.82) is 0 Å². The van der Waals surface area contributed by atoms with E-state index in [2.05, 4.69) is 0 Å². The van der Waals surface area contributed by atoms with Crippen molar-refractivity contribution < 1.29 is 9.90 Å². The van der Waals surface area contributed by atoms with E-state index in [-0.39, 0.29) is 12.3 Å². The van der Waals surface area contributed by atoms with Gasteiger partial charge in [-0.1, -0.05) is 0 Å². The van der Waals surface area contributed by atoms with E-state index in [4.69, 9.17) is 5.11 Å². The molecule has 1 aliphatic rings. The molecule has 1 fully saturated rings. The Balaban J connectivity index is 2.20. The second-order valence-corrected chi connectivity index (χ2v) is 2.64. The molecule has 1 unspecified atom stereocenters. The zero-order valence-electron chi connectivity index (χ0n) is 6.08. The number of nitrogens with zero attached hydrogens (tertiary/aromatic N) is 1. The van der Waals surface area contributed by atoms with Crippen LogP contribution in [0.1, 0.15) is 13.3 Å². The molecule has 1 saturated heterocycles. The number of hydrogen-bond acceptors (Lipinski definition) is 2. The van der Waals surface area contributed by atoms with Crippen LogP contribution in [-0.4, -0.2) is 35.1 Å². The lowest BCUT2D eigenvalue weighted by Gasteiger charge is -2.30. The van der Waals surface area contributed by atoms with Crippen molar-refractivity contribution in [1.82, 2.24) is 4.90 Å². The van der Waals surface area contributed by atoms with Gasteiger partial charge in [0, 0.05) is 19.5 Å². The zero-order valence-corrected chi connectivity index (χ0v) is 6.08. The Morgan fingerprint density at radius 2 is 2.40 bits per heavy atom. The highest BCUT2D eigenvalue weighted by atomic mass is 16.3. The van der Waals surface area contributed by atoms with Gasteiger partial charge in [0.05, 0.1) is 12.5 Å². The molecule has 0 bridgehead atoms. The lowest BCUT2D eigenvalue weighted by Crippen LogP contribution is -2.43. The minimum Gasteiger partial charge on any atom is -0.393 e. The molecule has 1 radical (unpaired) electrons. The third-order valence-electron chi connectivity index (χ3n) is 1.52. The second-order valence-electron chi connectivity index (χ2n) is 2.64. The number of hydrogen-bond donors (Lipinski definition) is 1. The predicted octanol–water partition coefficient (Wildman–Crippen LogP) is -0.196. The first-order chi connectivity index (χ1) is 4.70. The maximum atomic E-state index is 11.0. The molecule has 1 atom stereocenters. The van der Waals surface area contributed by atoms with E-state index in [0.29, 0.717) is 0 Å². The topological polar surface area (TPSA) is 40.5 Å². The SMILES string of the molecule is CC(O)CC(=O)N1C[CH]C1. The molecular formula is C7H12NO2. The van der Waals surface area contributed by atoms with Gasteiger partial charge in [-0.3, -0.25) is 4.79 Å². The Kier molecular flexibility index (Phi) is 2.27. The van der Waals surface area contributed by atoms with Gasteiger partial charge in [0.1, 0.15) is 0 Å². The summed E-state index contributed by atoms with van der Waals surface area (Å²) >= 11 is 0. The molecule has 1 heterocycles. The summed E-state index contributed by atoms with van der Waals surface area (Å²) in [7, 11) is 0. The van der Waals surface area contributed by atoms with Gasteiger partial charge in [0.25, 0.3) is 0 Å². The van der Waals surface area contributed by atoms with Crippen LogP contribution in [0, 0.1) is 6.42 Å². The summed E-state index contributed by atoms with van der Waals surface area (Å²) in [6.07, 6.45) is 1.78. The van der Waals surface area contributed by atoms with E-state index in [9.17, 15) is 4.79 Å². The Morgan fingerprint density at radius 1 is 1.80 bits per heavy atom. The minimum atomic E-state index is -0.506. The van der Waals surface area contributed by atoms with Crippen LogP contribution >= 0.6 is 0 Å². The van der Waals surface area contributed by atoms with Crippen LogP contribution in [0.4, 0.5) is 0 Å². The quantitative estimate of drug-likeness (QED) is 0.580. The standard InChI is InChI=1S/C7H12NO2/c1-6(9)5-7(10)8-3-2-4-8/h2,6,9H,3-5H2,1H3. The summed E-state index contributed by atoms with van der Waals surface area (Å²) in [5, 5.41) is 8.83. The average Bonchev–Trinajstić information content (AvgIpc) is 1.55. The highest BCUT2D eigenvalue weighted by Crippen LogP contribution is 2.07. The number of aliphatic hydroxyl groups excluding tert-OH is 1. The monoisotopic (exact) mass is 142 g/mol. The second kappa shape index (κ2) is 3.01. The lowest BCUT2D eigenvalue weighted by molar-refractivity contribution is -0.134. The summed E-state index contributed by atoms with van der Waals surface area (Å²) in [6, 6.07) is 0. The van der Waals surface area contributed by atoms with Crippen LogP contribution in [0.5, 0.6) is 0 Å². The van der Waals surface area contributed by atoms with Crippen molar-refractivity contribution in [2.24, 2.45) is 0 Å². The molecule has 10 heavy (non-hydrogen) atoms. The third-order valence-corrected chi connectivity index (χ3v) is 1.52. The van der Waals surface area contributed by atoms with Crippen molar-refractivity contribution in [2.45, 2.75) is 19.4 Å². The molecule has 1 aliphatic heterocycles. The Labute approximate surface area is 60.6 Å². The first-order valence-electron chi connectivity index (χ1n) is 3.47. The van der Waals surface area contributed by atoms with Crippen molar-refractivity contribution in [3.8, 4) is 0 Å². The van der Waals surface area contributed by atoms with Gasteiger partial charge in [-0.05, 0) is 6.92 Å². The normalized spacial score (nSPS) is 20.0. The van der Waals surface area contributed by atoms with Crippen LogP contribution in [0.2, 0.25) is 0 Å². The van der Waals surface area contributed by atoms with E-state index in [1.54, 1.807) is 11.8 Å². The van der Waals surface area contributed by atoms with Crippen LogP contribution in [0.3, 0.4) is 0 Å². The molecule has 1 N–H and O–H groups in total. The van der Waals surface area contributed by atoms with E-state index < -0.39 is 6.10 Å². The maximum Gasteiger partial charge on any atom is 0.225 e. The molecule has 0 aliphatic carbocycles. The summed E-state index contributed by atoms with van der Waals surface area (Å²) in [6.45, 7) is 3.14. The number of amides is 1. The molecule has 57 valence electrons. The van der Waals surface area contributed by atoms with Gasteiger partial charge in [-0.25, -0.2) is 0 Å². The average molecular weight is 142 g/mol. The summed E-state index contributed by atoms with van der Waals surface area (Å²) in [4.78, 5) is 12.7. The summed E-state index contributed by atoms with van der Waals surface area (Å²) < 4.78 is 0. The Hall–Kier alpha value is -0.570.